The van der Waals surface area contributed by atoms with Gasteiger partial charge in [0.05, 0.1) is 23.9 Å². The van der Waals surface area contributed by atoms with E-state index in [0.717, 1.165) is 10.0 Å². The molecular weight excluding hydrogens is 378 g/mol. The van der Waals surface area contributed by atoms with E-state index in [2.05, 4.69) is 41.6 Å². The van der Waals surface area contributed by atoms with Crippen molar-refractivity contribution in [1.29, 1.82) is 0 Å². The van der Waals surface area contributed by atoms with Gasteiger partial charge in [-0.1, -0.05) is 0 Å². The van der Waals surface area contributed by atoms with Crippen LogP contribution in [0.2, 0.25) is 0 Å². The second-order valence-electron chi connectivity index (χ2n) is 5.16. The fourth-order valence-electron chi connectivity index (χ4n) is 1.78. The number of aromatic nitrogens is 3. The number of nitrogens with zero attached hydrogens (tertiary/aromatic N) is 3. The van der Waals surface area contributed by atoms with Crippen LogP contribution >= 0.6 is 15.9 Å². The number of methoxy groups -OCH3 is 1. The van der Waals surface area contributed by atoms with Gasteiger partial charge in [-0.05, 0) is 54.4 Å². The molecule has 2 aromatic rings. The molecule has 0 spiro atoms. The predicted molar refractivity (Wildman–Crippen MR) is 95.1 cm³/mol. The number of hydrogen-bond acceptors (Lipinski definition) is 7. The number of anilines is 1. The van der Waals surface area contributed by atoms with Crippen molar-refractivity contribution in [3.05, 3.63) is 38.2 Å². The molecule has 0 aliphatic carbocycles. The molecule has 0 saturated carbocycles. The summed E-state index contributed by atoms with van der Waals surface area (Å²) in [6, 6.07) is 3.63. The molecule has 0 aliphatic rings. The Morgan fingerprint density at radius 3 is 2.75 bits per heavy atom. The van der Waals surface area contributed by atoms with Gasteiger partial charge in [-0.2, -0.15) is 5.10 Å². The van der Waals surface area contributed by atoms with Gasteiger partial charge in [-0.25, -0.2) is 5.43 Å². The molecule has 1 heterocycles. The summed E-state index contributed by atoms with van der Waals surface area (Å²) in [4.78, 5) is 14.0. The molecule has 2 N–H and O–H groups in total. The Morgan fingerprint density at radius 2 is 2.12 bits per heavy atom. The number of H-pyrrole nitrogens is 1. The van der Waals surface area contributed by atoms with Crippen LogP contribution in [-0.2, 0) is 0 Å². The van der Waals surface area contributed by atoms with Gasteiger partial charge < -0.3 is 9.47 Å². The molecule has 0 fully saturated rings. The molecule has 0 radical (unpaired) electrons. The lowest BCUT2D eigenvalue weighted by molar-refractivity contribution is 0.228. The molecule has 0 atom stereocenters. The molecule has 1 aromatic heterocycles. The van der Waals surface area contributed by atoms with Crippen LogP contribution in [0.4, 0.5) is 5.95 Å². The van der Waals surface area contributed by atoms with Crippen molar-refractivity contribution in [3.8, 4) is 11.5 Å². The van der Waals surface area contributed by atoms with Gasteiger partial charge in [0.25, 0.3) is 5.56 Å². The van der Waals surface area contributed by atoms with Crippen molar-refractivity contribution in [2.75, 3.05) is 12.5 Å². The molecule has 128 valence electrons. The van der Waals surface area contributed by atoms with Crippen LogP contribution in [0.5, 0.6) is 11.5 Å². The highest BCUT2D eigenvalue weighted by atomic mass is 79.9. The predicted octanol–water partition coefficient (Wildman–Crippen LogP) is 2.48. The van der Waals surface area contributed by atoms with Gasteiger partial charge in [0, 0.05) is 0 Å². The summed E-state index contributed by atoms with van der Waals surface area (Å²) in [6.07, 6.45) is 1.58. The molecule has 24 heavy (non-hydrogen) atoms. The van der Waals surface area contributed by atoms with Gasteiger partial charge in [0.15, 0.2) is 11.5 Å². The first-order chi connectivity index (χ1) is 11.4. The monoisotopic (exact) mass is 395 g/mol. The normalized spacial score (nSPS) is 11.1. The van der Waals surface area contributed by atoms with Crippen LogP contribution < -0.4 is 20.5 Å². The number of halogens is 1. The molecule has 2 rings (SSSR count). The van der Waals surface area contributed by atoms with E-state index in [1.165, 1.54) is 0 Å². The van der Waals surface area contributed by atoms with E-state index < -0.39 is 0 Å². The van der Waals surface area contributed by atoms with Crippen LogP contribution in [-0.4, -0.2) is 34.6 Å². The topological polar surface area (TPSA) is 101 Å². The van der Waals surface area contributed by atoms with Crippen LogP contribution in [0.15, 0.2) is 26.5 Å². The quantitative estimate of drug-likeness (QED) is 0.575. The summed E-state index contributed by atoms with van der Waals surface area (Å²) < 4.78 is 11.8. The maximum atomic E-state index is 11.4. The van der Waals surface area contributed by atoms with E-state index >= 15 is 0 Å². The summed E-state index contributed by atoms with van der Waals surface area (Å²) in [5, 5.41) is 11.5. The average Bonchev–Trinajstić information content (AvgIpc) is 2.52. The molecular formula is C15H18BrN5O3. The lowest BCUT2D eigenvalue weighted by Crippen LogP contribution is -2.15. The number of benzene rings is 1. The van der Waals surface area contributed by atoms with Crippen molar-refractivity contribution < 1.29 is 9.47 Å². The van der Waals surface area contributed by atoms with E-state index in [1.807, 2.05) is 19.9 Å². The average molecular weight is 396 g/mol. The van der Waals surface area contributed by atoms with Crippen LogP contribution in [0.25, 0.3) is 0 Å². The Bertz CT molecular complexity index is 804. The van der Waals surface area contributed by atoms with Gasteiger partial charge in [0.2, 0.25) is 5.95 Å². The Morgan fingerprint density at radius 1 is 1.38 bits per heavy atom. The van der Waals surface area contributed by atoms with Crippen molar-refractivity contribution in [2.24, 2.45) is 5.10 Å². The fraction of sp³-hybridized carbons (Fsp3) is 0.333. The molecule has 1 aromatic carbocycles. The molecule has 0 aliphatic heterocycles. The van der Waals surface area contributed by atoms with Crippen LogP contribution in [0.3, 0.4) is 0 Å². The van der Waals surface area contributed by atoms with Crippen LogP contribution in [0.1, 0.15) is 25.1 Å². The first-order valence-electron chi connectivity index (χ1n) is 7.17. The zero-order valence-corrected chi connectivity index (χ0v) is 15.3. The number of aryl methyl sites for hydroxylation is 1. The molecule has 0 unspecified atom stereocenters. The maximum absolute atomic E-state index is 11.4. The molecule has 0 amide bonds. The zero-order chi connectivity index (χ0) is 17.7. The third-order valence-electron chi connectivity index (χ3n) is 2.85. The minimum Gasteiger partial charge on any atom is -0.493 e. The summed E-state index contributed by atoms with van der Waals surface area (Å²) in [5.74, 6) is 1.38. The number of rotatable bonds is 6. The Labute approximate surface area is 147 Å². The molecule has 8 nitrogen and oxygen atoms in total. The zero-order valence-electron chi connectivity index (χ0n) is 13.8. The maximum Gasteiger partial charge on any atom is 0.274 e. The second-order valence-corrected chi connectivity index (χ2v) is 6.01. The minimum atomic E-state index is -0.317. The largest absolute Gasteiger partial charge is 0.493 e. The van der Waals surface area contributed by atoms with Crippen molar-refractivity contribution in [2.45, 2.75) is 26.9 Å². The Balaban J connectivity index is 2.18. The standard InChI is InChI=1S/C15H18BrN5O3/c1-8(2)24-13-11(16)5-10(6-12(13)23-4)7-17-20-15-18-14(22)9(3)19-21-15/h5-8H,1-4H3,(H2,18,20,21,22)/b17-7+. The van der Waals surface area contributed by atoms with Gasteiger partial charge in [-0.3, -0.25) is 9.78 Å². The minimum absolute atomic E-state index is 0.0216. The first kappa shape index (κ1) is 17.9. The van der Waals surface area contributed by atoms with Crippen molar-refractivity contribution in [1.82, 2.24) is 15.2 Å². The van der Waals surface area contributed by atoms with E-state index in [-0.39, 0.29) is 17.6 Å². The third kappa shape index (κ3) is 4.54. The SMILES string of the molecule is COc1cc(/C=N/Nc2nnc(C)c(=O)[nH]2)cc(Br)c1OC(C)C. The van der Waals surface area contributed by atoms with Gasteiger partial charge in [0.1, 0.15) is 5.69 Å². The molecule has 0 bridgehead atoms. The van der Waals surface area contributed by atoms with Gasteiger partial charge >= 0.3 is 0 Å². The van der Waals surface area contributed by atoms with Crippen LogP contribution in [0, 0.1) is 6.92 Å². The number of nitrogens with one attached hydrogen (secondary N) is 2. The first-order valence-corrected chi connectivity index (χ1v) is 7.97. The highest BCUT2D eigenvalue weighted by Gasteiger charge is 2.12. The summed E-state index contributed by atoms with van der Waals surface area (Å²) in [7, 11) is 1.57. The third-order valence-corrected chi connectivity index (χ3v) is 3.44. The highest BCUT2D eigenvalue weighted by molar-refractivity contribution is 9.10. The number of ether oxygens (including phenoxy) is 2. The van der Waals surface area contributed by atoms with E-state index in [0.29, 0.717) is 17.2 Å². The highest BCUT2D eigenvalue weighted by Crippen LogP contribution is 2.36. The van der Waals surface area contributed by atoms with E-state index in [9.17, 15) is 4.79 Å². The molecule has 0 saturated heterocycles. The van der Waals surface area contributed by atoms with Crippen molar-refractivity contribution in [3.63, 3.8) is 0 Å². The Hall–Kier alpha value is -2.42. The van der Waals surface area contributed by atoms with Gasteiger partial charge in [-0.15, -0.1) is 10.2 Å². The van der Waals surface area contributed by atoms with E-state index in [1.54, 1.807) is 26.3 Å². The Kier molecular flexibility index (Phi) is 5.91. The number of hydrazone groups is 1. The lowest BCUT2D eigenvalue weighted by Gasteiger charge is -2.15. The molecule has 9 heteroatoms. The summed E-state index contributed by atoms with van der Waals surface area (Å²) >= 11 is 3.46. The summed E-state index contributed by atoms with van der Waals surface area (Å²) in [6.45, 7) is 5.45. The van der Waals surface area contributed by atoms with E-state index in [4.69, 9.17) is 9.47 Å². The second kappa shape index (κ2) is 7.91. The number of hydrogen-bond donors (Lipinski definition) is 2. The van der Waals surface area contributed by atoms with Crippen molar-refractivity contribution >= 4 is 28.1 Å². The number of aromatic amines is 1. The smallest absolute Gasteiger partial charge is 0.274 e. The summed E-state index contributed by atoms with van der Waals surface area (Å²) in [5.41, 5.74) is 3.36. The lowest BCUT2D eigenvalue weighted by atomic mass is 10.2. The fourth-order valence-corrected chi connectivity index (χ4v) is 2.33.